The lowest BCUT2D eigenvalue weighted by Crippen LogP contribution is -2.23. The summed E-state index contributed by atoms with van der Waals surface area (Å²) in [6.07, 6.45) is 0. The van der Waals surface area contributed by atoms with Crippen LogP contribution in [0.4, 0.5) is 15.2 Å². The molecule has 2 aromatic heterocycles. The third-order valence-electron chi connectivity index (χ3n) is 4.19. The molecule has 0 N–H and O–H groups in total. The van der Waals surface area contributed by atoms with Gasteiger partial charge in [0.25, 0.3) is 5.22 Å². The first-order valence-corrected chi connectivity index (χ1v) is 10.9. The first-order valence-electron chi connectivity index (χ1n) is 9.04. The van der Waals surface area contributed by atoms with Crippen LogP contribution in [0.15, 0.2) is 63.6 Å². The summed E-state index contributed by atoms with van der Waals surface area (Å²) in [6.45, 7) is 3.40. The molecule has 6 nitrogen and oxygen atoms in total. The fourth-order valence-corrected chi connectivity index (χ4v) is 4.36. The Labute approximate surface area is 180 Å². The van der Waals surface area contributed by atoms with Gasteiger partial charge in [-0.3, -0.25) is 9.69 Å². The minimum Gasteiger partial charge on any atom is -0.411 e. The lowest BCUT2D eigenvalue weighted by atomic mass is 10.1. The topological polar surface area (TPSA) is 72.1 Å². The number of aromatic nitrogens is 3. The van der Waals surface area contributed by atoms with Crippen LogP contribution in [0.5, 0.6) is 0 Å². The number of amides is 1. The Kier molecular flexibility index (Phi) is 5.91. The van der Waals surface area contributed by atoms with E-state index in [2.05, 4.69) is 15.2 Å². The van der Waals surface area contributed by atoms with Gasteiger partial charge in [0.15, 0.2) is 5.13 Å². The van der Waals surface area contributed by atoms with Crippen LogP contribution in [0.2, 0.25) is 0 Å². The molecule has 9 heteroatoms. The Morgan fingerprint density at radius 2 is 1.93 bits per heavy atom. The van der Waals surface area contributed by atoms with Gasteiger partial charge < -0.3 is 4.42 Å². The number of anilines is 2. The first kappa shape index (κ1) is 20.2. The van der Waals surface area contributed by atoms with Crippen molar-refractivity contribution in [3.8, 4) is 11.5 Å². The molecule has 0 spiro atoms. The van der Waals surface area contributed by atoms with Crippen molar-refractivity contribution < 1.29 is 13.6 Å². The SMILES string of the molecule is CC(=O)N(c1nc(CSc2nnc(-c3ccc(C)cc3)o2)cs1)c1ccccc1F. The predicted octanol–water partition coefficient (Wildman–Crippen LogP) is 5.62. The minimum absolute atomic E-state index is 0.179. The second kappa shape index (κ2) is 8.76. The number of aryl methyl sites for hydroxylation is 1. The number of para-hydroxylation sites is 1. The quantitative estimate of drug-likeness (QED) is 0.363. The third kappa shape index (κ3) is 4.42. The number of hydrogen-bond donors (Lipinski definition) is 0. The van der Waals surface area contributed by atoms with Gasteiger partial charge in [0.1, 0.15) is 5.82 Å². The summed E-state index contributed by atoms with van der Waals surface area (Å²) in [4.78, 5) is 17.9. The molecule has 2 heterocycles. The lowest BCUT2D eigenvalue weighted by Gasteiger charge is -2.18. The third-order valence-corrected chi connectivity index (χ3v) is 5.91. The van der Waals surface area contributed by atoms with Crippen molar-refractivity contribution in [1.82, 2.24) is 15.2 Å². The molecule has 0 fully saturated rings. The summed E-state index contributed by atoms with van der Waals surface area (Å²) in [5, 5.41) is 10.8. The van der Waals surface area contributed by atoms with Crippen LogP contribution in [0, 0.1) is 12.7 Å². The largest absolute Gasteiger partial charge is 0.411 e. The zero-order valence-electron chi connectivity index (χ0n) is 16.2. The van der Waals surface area contributed by atoms with Gasteiger partial charge in [0.05, 0.1) is 11.4 Å². The molecule has 2 aromatic carbocycles. The molecule has 0 bridgehead atoms. The number of halogens is 1. The highest BCUT2D eigenvalue weighted by Crippen LogP contribution is 2.32. The molecule has 1 amide bonds. The summed E-state index contributed by atoms with van der Waals surface area (Å²) in [7, 11) is 0. The van der Waals surface area contributed by atoms with Gasteiger partial charge >= 0.3 is 0 Å². The highest BCUT2D eigenvalue weighted by atomic mass is 32.2. The van der Waals surface area contributed by atoms with Crippen molar-refractivity contribution in [3.63, 3.8) is 0 Å². The van der Waals surface area contributed by atoms with E-state index in [1.807, 2.05) is 36.6 Å². The highest BCUT2D eigenvalue weighted by molar-refractivity contribution is 7.98. The molecular formula is C21H17FN4O2S2. The van der Waals surface area contributed by atoms with E-state index in [9.17, 15) is 9.18 Å². The Morgan fingerprint density at radius 3 is 2.67 bits per heavy atom. The first-order chi connectivity index (χ1) is 14.5. The van der Waals surface area contributed by atoms with Crippen LogP contribution in [0.3, 0.4) is 0 Å². The molecule has 0 saturated carbocycles. The Balaban J connectivity index is 1.47. The van der Waals surface area contributed by atoms with Gasteiger partial charge in [-0.1, -0.05) is 41.6 Å². The standard InChI is InChI=1S/C21H17FN4O2S2/c1-13-7-9-15(10-8-13)19-24-25-21(28-19)30-12-16-11-29-20(23-16)26(14(2)27)18-6-4-3-5-17(18)22/h3-11H,12H2,1-2H3. The van der Waals surface area contributed by atoms with Crippen LogP contribution < -0.4 is 4.90 Å². The van der Waals surface area contributed by atoms with Gasteiger partial charge in [-0.15, -0.1) is 21.5 Å². The number of hydrogen-bond acceptors (Lipinski definition) is 7. The van der Waals surface area contributed by atoms with Gasteiger partial charge in [0.2, 0.25) is 11.8 Å². The number of carbonyl (C=O) groups excluding carboxylic acids is 1. The molecule has 4 rings (SSSR count). The molecule has 4 aromatic rings. The van der Waals surface area contributed by atoms with E-state index in [1.165, 1.54) is 41.0 Å². The summed E-state index contributed by atoms with van der Waals surface area (Å²) in [5.41, 5.74) is 2.93. The number of benzene rings is 2. The number of thioether (sulfide) groups is 1. The van der Waals surface area contributed by atoms with E-state index >= 15 is 0 Å². The van der Waals surface area contributed by atoms with Crippen molar-refractivity contribution in [1.29, 1.82) is 0 Å². The Morgan fingerprint density at radius 1 is 1.17 bits per heavy atom. The normalized spacial score (nSPS) is 10.9. The van der Waals surface area contributed by atoms with Gasteiger partial charge in [-0.2, -0.15) is 0 Å². The maximum atomic E-state index is 14.2. The molecule has 0 saturated heterocycles. The maximum Gasteiger partial charge on any atom is 0.277 e. The monoisotopic (exact) mass is 440 g/mol. The fourth-order valence-electron chi connectivity index (χ4n) is 2.72. The second-order valence-corrected chi connectivity index (χ2v) is 8.22. The molecule has 0 aliphatic carbocycles. The molecule has 30 heavy (non-hydrogen) atoms. The lowest BCUT2D eigenvalue weighted by molar-refractivity contribution is -0.115. The summed E-state index contributed by atoms with van der Waals surface area (Å²) < 4.78 is 19.9. The van der Waals surface area contributed by atoms with E-state index in [0.717, 1.165) is 16.8 Å². The molecular weight excluding hydrogens is 423 g/mol. The van der Waals surface area contributed by atoms with Crippen molar-refractivity contribution in [2.24, 2.45) is 0 Å². The molecule has 0 atom stereocenters. The van der Waals surface area contributed by atoms with Crippen LogP contribution in [-0.4, -0.2) is 21.1 Å². The van der Waals surface area contributed by atoms with Crippen molar-refractivity contribution in [2.75, 3.05) is 4.90 Å². The van der Waals surface area contributed by atoms with Gasteiger partial charge in [0, 0.05) is 23.6 Å². The second-order valence-electron chi connectivity index (χ2n) is 6.46. The fraction of sp³-hybridized carbons (Fsp3) is 0.143. The van der Waals surface area contributed by atoms with Crippen molar-refractivity contribution in [3.05, 3.63) is 71.0 Å². The molecule has 0 unspecified atom stereocenters. The summed E-state index contributed by atoms with van der Waals surface area (Å²) >= 11 is 2.63. The van der Waals surface area contributed by atoms with Crippen LogP contribution in [0.25, 0.3) is 11.5 Å². The Bertz CT molecular complexity index is 1170. The molecule has 0 aliphatic rings. The van der Waals surface area contributed by atoms with E-state index < -0.39 is 5.82 Å². The number of carbonyl (C=O) groups is 1. The van der Waals surface area contributed by atoms with Crippen LogP contribution in [0.1, 0.15) is 18.2 Å². The number of rotatable bonds is 6. The van der Waals surface area contributed by atoms with E-state index in [1.54, 1.807) is 18.2 Å². The maximum absolute atomic E-state index is 14.2. The average Bonchev–Trinajstić information content (AvgIpc) is 3.38. The zero-order valence-corrected chi connectivity index (χ0v) is 17.8. The summed E-state index contributed by atoms with van der Waals surface area (Å²) in [5.74, 6) is 0.148. The van der Waals surface area contributed by atoms with Crippen LogP contribution in [-0.2, 0) is 10.5 Å². The molecule has 0 aliphatic heterocycles. The molecule has 152 valence electrons. The van der Waals surface area contributed by atoms with Gasteiger partial charge in [-0.25, -0.2) is 9.37 Å². The molecule has 0 radical (unpaired) electrons. The smallest absolute Gasteiger partial charge is 0.277 e. The highest BCUT2D eigenvalue weighted by Gasteiger charge is 2.21. The number of nitrogens with zero attached hydrogens (tertiary/aromatic N) is 4. The van der Waals surface area contributed by atoms with Gasteiger partial charge in [-0.05, 0) is 31.2 Å². The Hall–Kier alpha value is -3.04. The minimum atomic E-state index is -0.478. The van der Waals surface area contributed by atoms with Crippen LogP contribution >= 0.6 is 23.1 Å². The van der Waals surface area contributed by atoms with Crippen molar-refractivity contribution >= 4 is 39.8 Å². The average molecular weight is 441 g/mol. The van der Waals surface area contributed by atoms with E-state index in [-0.39, 0.29) is 11.6 Å². The van der Waals surface area contributed by atoms with E-state index in [4.69, 9.17) is 4.42 Å². The number of thiazole rings is 1. The van der Waals surface area contributed by atoms with Crippen molar-refractivity contribution in [2.45, 2.75) is 24.8 Å². The summed E-state index contributed by atoms with van der Waals surface area (Å²) in [6, 6.07) is 14.0. The predicted molar refractivity (Wildman–Crippen MR) is 115 cm³/mol. The van der Waals surface area contributed by atoms with E-state index in [0.29, 0.717) is 22.0 Å². The zero-order chi connectivity index (χ0) is 21.1.